The van der Waals surface area contributed by atoms with Gasteiger partial charge >= 0.3 is 12.1 Å². The lowest BCUT2D eigenvalue weighted by Crippen LogP contribution is -2.49. The molecule has 2 aliphatic heterocycles. The van der Waals surface area contributed by atoms with Crippen molar-refractivity contribution in [1.29, 1.82) is 0 Å². The van der Waals surface area contributed by atoms with E-state index in [4.69, 9.17) is 4.74 Å². The van der Waals surface area contributed by atoms with Gasteiger partial charge in [-0.3, -0.25) is 9.59 Å². The number of halogens is 3. The van der Waals surface area contributed by atoms with E-state index < -0.39 is 29.0 Å². The number of anilines is 1. The van der Waals surface area contributed by atoms with Crippen molar-refractivity contribution >= 4 is 29.5 Å². The largest absolute Gasteiger partial charge is 0.465 e. The predicted octanol–water partition coefficient (Wildman–Crippen LogP) is 4.43. The Hall–Kier alpha value is -3.62. The van der Waals surface area contributed by atoms with E-state index in [9.17, 15) is 27.6 Å². The van der Waals surface area contributed by atoms with Gasteiger partial charge in [0.2, 0.25) is 11.8 Å². The molecule has 0 aromatic heterocycles. The van der Waals surface area contributed by atoms with Gasteiger partial charge in [0.15, 0.2) is 0 Å². The Morgan fingerprint density at radius 2 is 1.80 bits per heavy atom. The monoisotopic (exact) mass is 486 g/mol. The first-order valence-electron chi connectivity index (χ1n) is 11.3. The summed E-state index contributed by atoms with van der Waals surface area (Å²) >= 11 is 0. The van der Waals surface area contributed by atoms with Crippen LogP contribution in [0.5, 0.6) is 0 Å². The molecule has 35 heavy (non-hydrogen) atoms. The maximum Gasteiger partial charge on any atom is 0.416 e. The molecule has 0 radical (unpaired) electrons. The third-order valence-corrected chi connectivity index (χ3v) is 6.80. The third kappa shape index (κ3) is 4.31. The highest BCUT2D eigenvalue weighted by molar-refractivity contribution is 6.09. The quantitative estimate of drug-likeness (QED) is 0.474. The number of piperidine rings is 1. The molecule has 1 saturated heterocycles. The molecular formula is C26H25F3N2O4. The van der Waals surface area contributed by atoms with E-state index in [1.807, 2.05) is 6.92 Å². The van der Waals surface area contributed by atoms with Crippen molar-refractivity contribution in [3.8, 4) is 0 Å². The Labute approximate surface area is 201 Å². The number of likely N-dealkylation sites (N-methyl/N-ethyl adjacent to an activating group) is 1. The molecule has 2 aromatic rings. The van der Waals surface area contributed by atoms with Gasteiger partial charge in [0.05, 0.1) is 23.7 Å². The number of carbonyl (C=O) groups excluding carboxylic acids is 3. The molecule has 2 aromatic carbocycles. The lowest BCUT2D eigenvalue weighted by atomic mass is 9.73. The number of methoxy groups -OCH3 is 1. The highest BCUT2D eigenvalue weighted by Gasteiger charge is 2.52. The minimum absolute atomic E-state index is 0.0706. The molecule has 2 heterocycles. The Morgan fingerprint density at radius 3 is 2.43 bits per heavy atom. The summed E-state index contributed by atoms with van der Waals surface area (Å²) in [5.41, 5.74) is 0.0777. The van der Waals surface area contributed by atoms with Crippen LogP contribution in [0, 0.1) is 0 Å². The van der Waals surface area contributed by atoms with Gasteiger partial charge in [0.25, 0.3) is 0 Å². The average Bonchev–Trinajstić information content (AvgIpc) is 3.08. The number of ether oxygens (including phenoxy) is 1. The van der Waals surface area contributed by atoms with Gasteiger partial charge in [-0.15, -0.1) is 0 Å². The highest BCUT2D eigenvalue weighted by Crippen LogP contribution is 2.48. The summed E-state index contributed by atoms with van der Waals surface area (Å²) in [6.07, 6.45) is -1.52. The SMILES string of the molecule is CCN1C(=O)C2(CCN(C(=O)C=Cc3ccccc3C(F)(F)F)CC2)c2cc(C(=O)OC)ccc21. The highest BCUT2D eigenvalue weighted by atomic mass is 19.4. The fourth-order valence-electron chi connectivity index (χ4n) is 4.96. The fraction of sp³-hybridized carbons (Fsp3) is 0.346. The minimum atomic E-state index is -4.52. The lowest BCUT2D eigenvalue weighted by Gasteiger charge is -2.38. The van der Waals surface area contributed by atoms with E-state index in [0.29, 0.717) is 24.9 Å². The first kappa shape index (κ1) is 24.5. The molecule has 184 valence electrons. The zero-order valence-corrected chi connectivity index (χ0v) is 19.4. The fourth-order valence-corrected chi connectivity index (χ4v) is 4.96. The Morgan fingerprint density at radius 1 is 1.11 bits per heavy atom. The van der Waals surface area contributed by atoms with E-state index in [0.717, 1.165) is 23.4 Å². The Balaban J connectivity index is 1.55. The second-order valence-corrected chi connectivity index (χ2v) is 8.60. The van der Waals surface area contributed by atoms with Gasteiger partial charge in [-0.1, -0.05) is 18.2 Å². The van der Waals surface area contributed by atoms with Crippen LogP contribution in [-0.2, 0) is 25.9 Å². The van der Waals surface area contributed by atoms with Crippen LogP contribution in [0.1, 0.15) is 46.8 Å². The number of esters is 1. The maximum atomic E-state index is 13.4. The number of rotatable bonds is 4. The number of benzene rings is 2. The molecule has 1 spiro atoms. The Kier molecular flexibility index (Phi) is 6.44. The number of amides is 2. The molecule has 0 unspecified atom stereocenters. The second kappa shape index (κ2) is 9.20. The summed E-state index contributed by atoms with van der Waals surface area (Å²) in [6, 6.07) is 10.1. The molecule has 1 fully saturated rings. The number of carbonyl (C=O) groups is 3. The number of nitrogens with zero attached hydrogens (tertiary/aromatic N) is 2. The minimum Gasteiger partial charge on any atom is -0.465 e. The summed E-state index contributed by atoms with van der Waals surface area (Å²) in [5.74, 6) is -0.987. The molecule has 9 heteroatoms. The topological polar surface area (TPSA) is 66.9 Å². The van der Waals surface area contributed by atoms with Crippen LogP contribution in [0.4, 0.5) is 18.9 Å². The van der Waals surface area contributed by atoms with Crippen LogP contribution >= 0.6 is 0 Å². The van der Waals surface area contributed by atoms with Crippen molar-refractivity contribution in [2.45, 2.75) is 31.4 Å². The van der Waals surface area contributed by atoms with E-state index in [-0.39, 0.29) is 24.6 Å². The number of fused-ring (bicyclic) bond motifs is 2. The molecule has 2 aliphatic rings. The van der Waals surface area contributed by atoms with Crippen molar-refractivity contribution in [3.63, 3.8) is 0 Å². The zero-order chi connectivity index (χ0) is 25.4. The first-order valence-corrected chi connectivity index (χ1v) is 11.3. The first-order chi connectivity index (χ1) is 16.6. The number of hydrogen-bond donors (Lipinski definition) is 0. The third-order valence-electron chi connectivity index (χ3n) is 6.80. The van der Waals surface area contributed by atoms with Crippen LogP contribution in [0.2, 0.25) is 0 Å². The van der Waals surface area contributed by atoms with Gasteiger partial charge in [0, 0.05) is 31.4 Å². The number of alkyl halides is 3. The molecule has 0 aliphatic carbocycles. The normalized spacial score (nSPS) is 17.2. The number of hydrogen-bond acceptors (Lipinski definition) is 4. The smallest absolute Gasteiger partial charge is 0.416 e. The van der Waals surface area contributed by atoms with Gasteiger partial charge in [-0.2, -0.15) is 13.2 Å². The summed E-state index contributed by atoms with van der Waals surface area (Å²) in [4.78, 5) is 41.5. The van der Waals surface area contributed by atoms with Crippen molar-refractivity contribution < 1.29 is 32.3 Å². The van der Waals surface area contributed by atoms with Gasteiger partial charge in [-0.25, -0.2) is 4.79 Å². The summed E-state index contributed by atoms with van der Waals surface area (Å²) in [7, 11) is 1.29. The van der Waals surface area contributed by atoms with E-state index in [1.54, 1.807) is 23.1 Å². The predicted molar refractivity (Wildman–Crippen MR) is 124 cm³/mol. The van der Waals surface area contributed by atoms with Gasteiger partial charge < -0.3 is 14.5 Å². The van der Waals surface area contributed by atoms with E-state index in [1.165, 1.54) is 36.3 Å². The molecule has 0 bridgehead atoms. The summed E-state index contributed by atoms with van der Waals surface area (Å²) < 4.78 is 44.5. The van der Waals surface area contributed by atoms with Crippen LogP contribution < -0.4 is 4.90 Å². The summed E-state index contributed by atoms with van der Waals surface area (Å²) in [5, 5.41) is 0. The van der Waals surface area contributed by atoms with Crippen LogP contribution in [0.15, 0.2) is 48.5 Å². The molecule has 0 saturated carbocycles. The maximum absolute atomic E-state index is 13.4. The molecule has 6 nitrogen and oxygen atoms in total. The zero-order valence-electron chi connectivity index (χ0n) is 19.4. The molecule has 0 atom stereocenters. The van der Waals surface area contributed by atoms with Crippen molar-refractivity contribution in [3.05, 3.63) is 70.8 Å². The average molecular weight is 486 g/mol. The Bertz CT molecular complexity index is 1200. The molecule has 2 amide bonds. The van der Waals surface area contributed by atoms with E-state index in [2.05, 4.69) is 0 Å². The van der Waals surface area contributed by atoms with Crippen LogP contribution in [-0.4, -0.2) is 49.4 Å². The van der Waals surface area contributed by atoms with Crippen LogP contribution in [0.25, 0.3) is 6.08 Å². The van der Waals surface area contributed by atoms with Crippen molar-refractivity contribution in [2.75, 3.05) is 31.6 Å². The summed E-state index contributed by atoms with van der Waals surface area (Å²) in [6.45, 7) is 2.86. The van der Waals surface area contributed by atoms with Crippen molar-refractivity contribution in [1.82, 2.24) is 4.90 Å². The number of likely N-dealkylation sites (tertiary alicyclic amines) is 1. The van der Waals surface area contributed by atoms with Crippen LogP contribution in [0.3, 0.4) is 0 Å². The van der Waals surface area contributed by atoms with Crippen molar-refractivity contribution in [2.24, 2.45) is 0 Å². The molecule has 4 rings (SSSR count). The van der Waals surface area contributed by atoms with Gasteiger partial charge in [-0.05, 0) is 61.2 Å². The van der Waals surface area contributed by atoms with Gasteiger partial charge in [0.1, 0.15) is 0 Å². The molecular weight excluding hydrogens is 461 g/mol. The standard InChI is InChI=1S/C26H25F3N2O4/c1-3-31-21-10-8-18(23(33)35-2)16-20(21)25(24(31)34)12-14-30(15-13-25)22(32)11-9-17-6-4-5-7-19(17)26(27,28)29/h4-11,16H,3,12-15H2,1-2H3. The van der Waals surface area contributed by atoms with E-state index >= 15 is 0 Å². The second-order valence-electron chi connectivity index (χ2n) is 8.60. The molecule has 0 N–H and O–H groups in total. The lowest BCUT2D eigenvalue weighted by molar-refractivity contribution is -0.137.